The molecule has 1 aromatic carbocycles. The largest absolute Gasteiger partial charge is 0.347 e. The summed E-state index contributed by atoms with van der Waals surface area (Å²) in [5, 5.41) is 3.13. The summed E-state index contributed by atoms with van der Waals surface area (Å²) in [5.74, 6) is 0.0382. The van der Waals surface area contributed by atoms with Crippen LogP contribution in [0, 0.1) is 0 Å². The fourth-order valence-corrected chi connectivity index (χ4v) is 2.29. The summed E-state index contributed by atoms with van der Waals surface area (Å²) < 4.78 is 0. The zero-order valence-corrected chi connectivity index (χ0v) is 10.3. The minimum absolute atomic E-state index is 0.00685. The first kappa shape index (κ1) is 12.1. The smallest absolute Gasteiger partial charge is 0.251 e. The van der Waals surface area contributed by atoms with Crippen LogP contribution in [0.4, 0.5) is 0 Å². The van der Waals surface area contributed by atoms with Crippen molar-refractivity contribution in [2.24, 2.45) is 5.73 Å². The van der Waals surface area contributed by atoms with Gasteiger partial charge in [-0.05, 0) is 50.8 Å². The number of nitrogens with two attached hydrogens (primary N) is 1. The number of carbonyl (C=O) groups is 1. The van der Waals surface area contributed by atoms with Gasteiger partial charge in [0.2, 0.25) is 0 Å². The molecule has 0 saturated heterocycles. The number of rotatable bonds is 4. The number of hydrogen-bond donors (Lipinski definition) is 2. The Balaban J connectivity index is 2.12. The molecule has 0 unspecified atom stereocenters. The first-order valence-electron chi connectivity index (χ1n) is 6.25. The predicted octanol–water partition coefficient (Wildman–Crippen LogP) is 1.86. The van der Waals surface area contributed by atoms with Gasteiger partial charge in [0, 0.05) is 11.1 Å². The molecule has 1 aliphatic carbocycles. The lowest BCUT2D eigenvalue weighted by Crippen LogP contribution is -2.51. The fourth-order valence-electron chi connectivity index (χ4n) is 2.29. The van der Waals surface area contributed by atoms with Crippen LogP contribution in [0.1, 0.15) is 42.1 Å². The predicted molar refractivity (Wildman–Crippen MR) is 68.9 cm³/mol. The standard InChI is InChI=1S/C14H20N2O/c1-14(8-4-9-14)16-13(17)12-6-3-2-5-11(12)7-10-15/h2-3,5-6H,4,7-10,15H2,1H3,(H,16,17). The van der Waals surface area contributed by atoms with E-state index < -0.39 is 0 Å². The van der Waals surface area contributed by atoms with E-state index in [-0.39, 0.29) is 11.4 Å². The summed E-state index contributed by atoms with van der Waals surface area (Å²) in [7, 11) is 0. The summed E-state index contributed by atoms with van der Waals surface area (Å²) in [4.78, 5) is 12.2. The van der Waals surface area contributed by atoms with Crippen molar-refractivity contribution in [3.63, 3.8) is 0 Å². The molecule has 3 nitrogen and oxygen atoms in total. The second kappa shape index (κ2) is 4.88. The van der Waals surface area contributed by atoms with E-state index in [1.165, 1.54) is 6.42 Å². The van der Waals surface area contributed by atoms with E-state index in [2.05, 4.69) is 12.2 Å². The van der Waals surface area contributed by atoms with Crippen LogP contribution >= 0.6 is 0 Å². The third-order valence-corrected chi connectivity index (χ3v) is 3.55. The fraction of sp³-hybridized carbons (Fsp3) is 0.500. The molecule has 0 aromatic heterocycles. The number of nitrogens with one attached hydrogen (secondary N) is 1. The lowest BCUT2D eigenvalue weighted by molar-refractivity contribution is 0.0849. The highest BCUT2D eigenvalue weighted by atomic mass is 16.1. The minimum atomic E-state index is 0.00685. The van der Waals surface area contributed by atoms with Gasteiger partial charge in [-0.1, -0.05) is 18.2 Å². The van der Waals surface area contributed by atoms with E-state index >= 15 is 0 Å². The zero-order valence-electron chi connectivity index (χ0n) is 10.3. The molecule has 0 spiro atoms. The van der Waals surface area contributed by atoms with E-state index in [1.54, 1.807) is 0 Å². The molecular formula is C14H20N2O. The van der Waals surface area contributed by atoms with Crippen LogP contribution < -0.4 is 11.1 Å². The Bertz CT molecular complexity index is 410. The lowest BCUT2D eigenvalue weighted by atomic mass is 9.78. The number of carbonyl (C=O) groups excluding carboxylic acids is 1. The van der Waals surface area contributed by atoms with E-state index in [1.807, 2.05) is 24.3 Å². The van der Waals surface area contributed by atoms with Crippen molar-refractivity contribution < 1.29 is 4.79 Å². The van der Waals surface area contributed by atoms with Crippen LogP contribution in [0.3, 0.4) is 0 Å². The molecule has 0 bridgehead atoms. The van der Waals surface area contributed by atoms with Gasteiger partial charge in [0.25, 0.3) is 5.91 Å². The minimum Gasteiger partial charge on any atom is -0.347 e. The zero-order chi connectivity index (χ0) is 12.3. The molecule has 1 fully saturated rings. The van der Waals surface area contributed by atoms with Gasteiger partial charge in [0.05, 0.1) is 0 Å². The quantitative estimate of drug-likeness (QED) is 0.832. The van der Waals surface area contributed by atoms with Gasteiger partial charge < -0.3 is 11.1 Å². The van der Waals surface area contributed by atoms with E-state index in [0.717, 1.165) is 30.4 Å². The van der Waals surface area contributed by atoms with Crippen LogP contribution in [-0.4, -0.2) is 18.0 Å². The summed E-state index contributed by atoms with van der Waals surface area (Å²) >= 11 is 0. The van der Waals surface area contributed by atoms with Crippen LogP contribution in [0.2, 0.25) is 0 Å². The molecule has 1 aromatic rings. The molecule has 3 N–H and O–H groups in total. The van der Waals surface area contributed by atoms with Crippen LogP contribution in [0.5, 0.6) is 0 Å². The maximum Gasteiger partial charge on any atom is 0.251 e. The van der Waals surface area contributed by atoms with Gasteiger partial charge in [-0.25, -0.2) is 0 Å². The van der Waals surface area contributed by atoms with E-state index in [9.17, 15) is 4.79 Å². The molecule has 0 atom stereocenters. The van der Waals surface area contributed by atoms with Gasteiger partial charge in [-0.3, -0.25) is 4.79 Å². The van der Waals surface area contributed by atoms with Crippen molar-refractivity contribution >= 4 is 5.91 Å². The Labute approximate surface area is 102 Å². The summed E-state index contributed by atoms with van der Waals surface area (Å²) in [6.07, 6.45) is 4.12. The summed E-state index contributed by atoms with van der Waals surface area (Å²) in [6.45, 7) is 2.68. The van der Waals surface area contributed by atoms with Gasteiger partial charge in [0.15, 0.2) is 0 Å². The summed E-state index contributed by atoms with van der Waals surface area (Å²) in [5.41, 5.74) is 7.38. The maximum absolute atomic E-state index is 12.2. The number of hydrogen-bond acceptors (Lipinski definition) is 2. The Morgan fingerprint density at radius 2 is 2.12 bits per heavy atom. The highest BCUT2D eigenvalue weighted by Crippen LogP contribution is 2.31. The molecule has 1 aliphatic rings. The summed E-state index contributed by atoms with van der Waals surface area (Å²) in [6, 6.07) is 7.71. The van der Waals surface area contributed by atoms with Crippen molar-refractivity contribution in [3.05, 3.63) is 35.4 Å². The second-order valence-electron chi connectivity index (χ2n) is 5.06. The lowest BCUT2D eigenvalue weighted by Gasteiger charge is -2.39. The van der Waals surface area contributed by atoms with Crippen molar-refractivity contribution in [3.8, 4) is 0 Å². The molecule has 3 heteroatoms. The number of amides is 1. The first-order chi connectivity index (χ1) is 8.14. The Morgan fingerprint density at radius 3 is 2.71 bits per heavy atom. The van der Waals surface area contributed by atoms with Gasteiger partial charge >= 0.3 is 0 Å². The highest BCUT2D eigenvalue weighted by molar-refractivity contribution is 5.96. The van der Waals surface area contributed by atoms with Crippen molar-refractivity contribution in [2.45, 2.75) is 38.1 Å². The van der Waals surface area contributed by atoms with Gasteiger partial charge in [0.1, 0.15) is 0 Å². The average molecular weight is 232 g/mol. The Morgan fingerprint density at radius 1 is 1.41 bits per heavy atom. The van der Waals surface area contributed by atoms with Crippen LogP contribution in [-0.2, 0) is 6.42 Å². The van der Waals surface area contributed by atoms with E-state index in [0.29, 0.717) is 6.54 Å². The topological polar surface area (TPSA) is 55.1 Å². The molecule has 0 aliphatic heterocycles. The Kier molecular flexibility index (Phi) is 3.48. The molecular weight excluding hydrogens is 212 g/mol. The third kappa shape index (κ3) is 2.67. The number of benzene rings is 1. The highest BCUT2D eigenvalue weighted by Gasteiger charge is 2.33. The second-order valence-corrected chi connectivity index (χ2v) is 5.06. The molecule has 17 heavy (non-hydrogen) atoms. The van der Waals surface area contributed by atoms with Gasteiger partial charge in [-0.15, -0.1) is 0 Å². The first-order valence-corrected chi connectivity index (χ1v) is 6.25. The Hall–Kier alpha value is -1.35. The van der Waals surface area contributed by atoms with Crippen molar-refractivity contribution in [2.75, 3.05) is 6.54 Å². The SMILES string of the molecule is CC1(NC(=O)c2ccccc2CCN)CCC1. The van der Waals surface area contributed by atoms with E-state index in [4.69, 9.17) is 5.73 Å². The average Bonchev–Trinajstić information content (AvgIpc) is 2.28. The molecule has 92 valence electrons. The molecule has 2 rings (SSSR count). The molecule has 0 radical (unpaired) electrons. The monoisotopic (exact) mass is 232 g/mol. The maximum atomic E-state index is 12.2. The van der Waals surface area contributed by atoms with Crippen LogP contribution in [0.25, 0.3) is 0 Å². The van der Waals surface area contributed by atoms with Crippen LogP contribution in [0.15, 0.2) is 24.3 Å². The van der Waals surface area contributed by atoms with Crippen molar-refractivity contribution in [1.82, 2.24) is 5.32 Å². The van der Waals surface area contributed by atoms with Gasteiger partial charge in [-0.2, -0.15) is 0 Å². The normalized spacial score (nSPS) is 17.3. The van der Waals surface area contributed by atoms with Crippen molar-refractivity contribution in [1.29, 1.82) is 0 Å². The molecule has 1 amide bonds. The third-order valence-electron chi connectivity index (χ3n) is 3.55. The molecule has 0 heterocycles. The molecule has 1 saturated carbocycles.